The Morgan fingerprint density at radius 2 is 1.85 bits per heavy atom. The second-order valence-corrected chi connectivity index (χ2v) is 6.68. The van der Waals surface area contributed by atoms with E-state index < -0.39 is 0 Å². The molecule has 0 saturated carbocycles. The van der Waals surface area contributed by atoms with Crippen LogP contribution in [0.5, 0.6) is 11.5 Å². The van der Waals surface area contributed by atoms with Gasteiger partial charge in [-0.15, -0.1) is 0 Å². The lowest BCUT2D eigenvalue weighted by Gasteiger charge is -2.19. The molecule has 2 aromatic carbocycles. The molecule has 1 fully saturated rings. The average Bonchev–Trinajstić information content (AvgIpc) is 3.17. The Hall–Kier alpha value is -2.69. The Labute approximate surface area is 154 Å². The van der Waals surface area contributed by atoms with E-state index in [4.69, 9.17) is 9.47 Å². The lowest BCUT2D eigenvalue weighted by Crippen LogP contribution is -2.21. The summed E-state index contributed by atoms with van der Waals surface area (Å²) in [7, 11) is 1.59. The SMILES string of the molecule is COc1cc(C)ccc1OCC(=O)Nc1ccc(N2CCCC2)cc1C. The topological polar surface area (TPSA) is 50.8 Å². The summed E-state index contributed by atoms with van der Waals surface area (Å²) < 4.78 is 10.9. The van der Waals surface area contributed by atoms with Crippen molar-refractivity contribution >= 4 is 17.3 Å². The highest BCUT2D eigenvalue weighted by molar-refractivity contribution is 5.93. The highest BCUT2D eigenvalue weighted by atomic mass is 16.5. The quantitative estimate of drug-likeness (QED) is 0.854. The van der Waals surface area contributed by atoms with Crippen LogP contribution in [0.2, 0.25) is 0 Å². The number of hydrogen-bond acceptors (Lipinski definition) is 4. The van der Waals surface area contributed by atoms with Gasteiger partial charge in [-0.2, -0.15) is 0 Å². The van der Waals surface area contributed by atoms with Gasteiger partial charge in [0.25, 0.3) is 5.91 Å². The molecular weight excluding hydrogens is 328 g/mol. The maximum Gasteiger partial charge on any atom is 0.262 e. The van der Waals surface area contributed by atoms with Crippen molar-refractivity contribution in [2.45, 2.75) is 26.7 Å². The molecule has 2 aromatic rings. The summed E-state index contributed by atoms with van der Waals surface area (Å²) in [4.78, 5) is 14.6. The van der Waals surface area contributed by atoms with Crippen molar-refractivity contribution in [2.75, 3.05) is 37.0 Å². The molecule has 1 aliphatic heterocycles. The van der Waals surface area contributed by atoms with Crippen molar-refractivity contribution in [3.8, 4) is 11.5 Å². The molecule has 0 unspecified atom stereocenters. The normalized spacial score (nSPS) is 13.6. The predicted molar refractivity (Wildman–Crippen MR) is 104 cm³/mol. The van der Waals surface area contributed by atoms with E-state index in [0.717, 1.165) is 29.9 Å². The van der Waals surface area contributed by atoms with Gasteiger partial charge < -0.3 is 19.7 Å². The summed E-state index contributed by atoms with van der Waals surface area (Å²) in [6, 6.07) is 11.8. The van der Waals surface area contributed by atoms with Gasteiger partial charge in [0.2, 0.25) is 0 Å². The molecule has 1 heterocycles. The molecule has 0 atom stereocenters. The van der Waals surface area contributed by atoms with Gasteiger partial charge >= 0.3 is 0 Å². The van der Waals surface area contributed by atoms with Crippen LogP contribution in [0.25, 0.3) is 0 Å². The first kappa shape index (κ1) is 18.1. The number of amides is 1. The number of rotatable bonds is 6. The molecule has 1 aliphatic rings. The van der Waals surface area contributed by atoms with Crippen LogP contribution >= 0.6 is 0 Å². The van der Waals surface area contributed by atoms with E-state index in [-0.39, 0.29) is 12.5 Å². The third kappa shape index (κ3) is 4.28. The van der Waals surface area contributed by atoms with Gasteiger partial charge in [-0.05, 0) is 68.1 Å². The zero-order chi connectivity index (χ0) is 18.5. The number of nitrogens with zero attached hydrogens (tertiary/aromatic N) is 1. The Balaban J connectivity index is 1.59. The number of methoxy groups -OCH3 is 1. The van der Waals surface area contributed by atoms with Gasteiger partial charge in [0.1, 0.15) is 0 Å². The standard InChI is InChI=1S/C21H26N2O3/c1-15-6-9-19(20(12-15)25-3)26-14-21(24)22-18-8-7-17(13-16(18)2)23-10-4-5-11-23/h6-9,12-13H,4-5,10-11,14H2,1-3H3,(H,22,24). The van der Waals surface area contributed by atoms with E-state index in [1.807, 2.05) is 38.1 Å². The summed E-state index contributed by atoms with van der Waals surface area (Å²) in [6.45, 7) is 6.15. The van der Waals surface area contributed by atoms with Gasteiger partial charge in [0, 0.05) is 24.5 Å². The first-order chi connectivity index (χ1) is 12.6. The molecule has 0 spiro atoms. The summed E-state index contributed by atoms with van der Waals surface area (Å²) in [5.41, 5.74) is 4.17. The minimum absolute atomic E-state index is 0.0628. The Bertz CT molecular complexity index is 783. The maximum absolute atomic E-state index is 12.3. The molecule has 1 amide bonds. The Morgan fingerprint density at radius 1 is 1.08 bits per heavy atom. The highest BCUT2D eigenvalue weighted by Crippen LogP contribution is 2.28. The summed E-state index contributed by atoms with van der Waals surface area (Å²) in [6.07, 6.45) is 2.49. The summed E-state index contributed by atoms with van der Waals surface area (Å²) in [5, 5.41) is 2.92. The van der Waals surface area contributed by atoms with E-state index in [9.17, 15) is 4.79 Å². The zero-order valence-corrected chi connectivity index (χ0v) is 15.7. The molecule has 0 aromatic heterocycles. The fourth-order valence-electron chi connectivity index (χ4n) is 3.18. The lowest BCUT2D eigenvalue weighted by molar-refractivity contribution is -0.118. The second kappa shape index (κ2) is 8.13. The van der Waals surface area contributed by atoms with E-state index in [2.05, 4.69) is 22.3 Å². The highest BCUT2D eigenvalue weighted by Gasteiger charge is 2.14. The van der Waals surface area contributed by atoms with Crippen molar-refractivity contribution in [1.82, 2.24) is 0 Å². The van der Waals surface area contributed by atoms with Crippen LogP contribution in [-0.2, 0) is 4.79 Å². The summed E-state index contributed by atoms with van der Waals surface area (Å²) in [5.74, 6) is 1.00. The fourth-order valence-corrected chi connectivity index (χ4v) is 3.18. The number of ether oxygens (including phenoxy) is 2. The third-order valence-electron chi connectivity index (χ3n) is 4.63. The number of carbonyl (C=O) groups excluding carboxylic acids is 1. The Kier molecular flexibility index (Phi) is 5.66. The van der Waals surface area contributed by atoms with Gasteiger partial charge in [-0.25, -0.2) is 0 Å². The molecule has 138 valence electrons. The number of hydrogen-bond donors (Lipinski definition) is 1. The zero-order valence-electron chi connectivity index (χ0n) is 15.7. The third-order valence-corrected chi connectivity index (χ3v) is 4.63. The van der Waals surface area contributed by atoms with Crippen LogP contribution in [0.1, 0.15) is 24.0 Å². The minimum Gasteiger partial charge on any atom is -0.493 e. The van der Waals surface area contributed by atoms with Crippen LogP contribution in [0.3, 0.4) is 0 Å². The maximum atomic E-state index is 12.3. The van der Waals surface area contributed by atoms with E-state index in [0.29, 0.717) is 11.5 Å². The molecule has 0 aliphatic carbocycles. The van der Waals surface area contributed by atoms with Crippen molar-refractivity contribution in [3.05, 3.63) is 47.5 Å². The smallest absolute Gasteiger partial charge is 0.262 e. The molecule has 1 N–H and O–H groups in total. The van der Waals surface area contributed by atoms with E-state index in [1.54, 1.807) is 7.11 Å². The summed E-state index contributed by atoms with van der Waals surface area (Å²) >= 11 is 0. The number of aryl methyl sites for hydroxylation is 2. The molecule has 3 rings (SSSR count). The monoisotopic (exact) mass is 354 g/mol. The molecular formula is C21H26N2O3. The molecule has 5 heteroatoms. The van der Waals surface area contributed by atoms with Crippen molar-refractivity contribution < 1.29 is 14.3 Å². The first-order valence-electron chi connectivity index (χ1n) is 8.99. The van der Waals surface area contributed by atoms with Gasteiger partial charge in [0.15, 0.2) is 18.1 Å². The van der Waals surface area contributed by atoms with E-state index >= 15 is 0 Å². The minimum atomic E-state index is -0.190. The van der Waals surface area contributed by atoms with Crippen LogP contribution < -0.4 is 19.7 Å². The van der Waals surface area contributed by atoms with Crippen LogP contribution in [-0.4, -0.2) is 32.7 Å². The van der Waals surface area contributed by atoms with Crippen molar-refractivity contribution in [2.24, 2.45) is 0 Å². The van der Waals surface area contributed by atoms with Crippen LogP contribution in [0.4, 0.5) is 11.4 Å². The van der Waals surface area contributed by atoms with Gasteiger partial charge in [-0.1, -0.05) is 6.07 Å². The molecule has 1 saturated heterocycles. The lowest BCUT2D eigenvalue weighted by atomic mass is 10.1. The largest absolute Gasteiger partial charge is 0.493 e. The number of benzene rings is 2. The van der Waals surface area contributed by atoms with Crippen molar-refractivity contribution in [1.29, 1.82) is 0 Å². The molecule has 26 heavy (non-hydrogen) atoms. The number of carbonyl (C=O) groups is 1. The molecule has 0 bridgehead atoms. The van der Waals surface area contributed by atoms with Gasteiger partial charge in [-0.3, -0.25) is 4.79 Å². The van der Waals surface area contributed by atoms with Crippen LogP contribution in [0, 0.1) is 13.8 Å². The molecule has 0 radical (unpaired) electrons. The number of anilines is 2. The Morgan fingerprint density at radius 3 is 2.54 bits per heavy atom. The second-order valence-electron chi connectivity index (χ2n) is 6.68. The average molecular weight is 354 g/mol. The fraction of sp³-hybridized carbons (Fsp3) is 0.381. The van der Waals surface area contributed by atoms with Crippen LogP contribution in [0.15, 0.2) is 36.4 Å². The van der Waals surface area contributed by atoms with Crippen molar-refractivity contribution in [3.63, 3.8) is 0 Å². The molecule has 5 nitrogen and oxygen atoms in total. The van der Waals surface area contributed by atoms with E-state index in [1.165, 1.54) is 18.5 Å². The van der Waals surface area contributed by atoms with Gasteiger partial charge in [0.05, 0.1) is 7.11 Å². The predicted octanol–water partition coefficient (Wildman–Crippen LogP) is 3.93. The first-order valence-corrected chi connectivity index (χ1v) is 8.99. The number of nitrogens with one attached hydrogen (secondary N) is 1.